The summed E-state index contributed by atoms with van der Waals surface area (Å²) in [4.78, 5) is 39.4. The van der Waals surface area contributed by atoms with Crippen molar-refractivity contribution >= 4 is 85.4 Å². The van der Waals surface area contributed by atoms with Crippen LogP contribution >= 0.6 is 50.7 Å². The van der Waals surface area contributed by atoms with Crippen LogP contribution in [-0.2, 0) is 0 Å². The highest BCUT2D eigenvalue weighted by Crippen LogP contribution is 2.40. The number of nitrogens with zero attached hydrogens (tertiary/aromatic N) is 2. The molecule has 0 radical (unpaired) electrons. The van der Waals surface area contributed by atoms with Gasteiger partial charge in [0.05, 0.1) is 27.2 Å². The summed E-state index contributed by atoms with van der Waals surface area (Å²) in [5.41, 5.74) is 4.53. The second-order valence-electron chi connectivity index (χ2n) is 8.74. The first kappa shape index (κ1) is 29.3. The van der Waals surface area contributed by atoms with Crippen LogP contribution < -0.4 is 10.2 Å². The third kappa shape index (κ3) is 6.17. The maximum absolute atomic E-state index is 13.4. The van der Waals surface area contributed by atoms with Crippen LogP contribution in [0.1, 0.15) is 26.4 Å². The van der Waals surface area contributed by atoms with E-state index in [0.29, 0.717) is 47.1 Å². The number of H-pyrrole nitrogens is 1. The van der Waals surface area contributed by atoms with E-state index in [9.17, 15) is 19.7 Å². The lowest BCUT2D eigenvalue weighted by molar-refractivity contribution is -0.384. The van der Waals surface area contributed by atoms with Gasteiger partial charge in [-0.1, -0.05) is 68.9 Å². The number of benzene rings is 4. The molecule has 9 nitrogen and oxygen atoms in total. The number of esters is 1. The van der Waals surface area contributed by atoms with E-state index in [1.54, 1.807) is 48.5 Å². The average molecular weight is 687 g/mol. The van der Waals surface area contributed by atoms with Crippen molar-refractivity contribution in [3.8, 4) is 16.9 Å². The van der Waals surface area contributed by atoms with E-state index in [-0.39, 0.29) is 22.7 Å². The van der Waals surface area contributed by atoms with E-state index in [1.807, 2.05) is 0 Å². The molecular weight excluding hydrogens is 671 g/mol. The second-order valence-corrected chi connectivity index (χ2v) is 10.9. The summed E-state index contributed by atoms with van der Waals surface area (Å²) in [6.07, 6.45) is 1.31. The zero-order valence-electron chi connectivity index (χ0n) is 21.0. The van der Waals surface area contributed by atoms with Crippen LogP contribution in [0.4, 0.5) is 5.69 Å². The second kappa shape index (κ2) is 12.3. The number of hydrazone groups is 1. The maximum atomic E-state index is 13.4. The Kier molecular flexibility index (Phi) is 8.60. The molecule has 42 heavy (non-hydrogen) atoms. The van der Waals surface area contributed by atoms with E-state index in [1.165, 1.54) is 36.5 Å². The molecule has 4 aromatic carbocycles. The van der Waals surface area contributed by atoms with Gasteiger partial charge in [0.1, 0.15) is 11.4 Å². The topological polar surface area (TPSA) is 127 Å². The van der Waals surface area contributed by atoms with Crippen LogP contribution in [0.15, 0.2) is 88.4 Å². The number of non-ortho nitro benzene ring substituents is 1. The summed E-state index contributed by atoms with van der Waals surface area (Å²) < 4.78 is 6.16. The number of amides is 1. The van der Waals surface area contributed by atoms with Crippen molar-refractivity contribution in [2.75, 3.05) is 0 Å². The molecule has 0 unspecified atom stereocenters. The summed E-state index contributed by atoms with van der Waals surface area (Å²) in [5, 5.41) is 16.7. The van der Waals surface area contributed by atoms with Gasteiger partial charge in [0, 0.05) is 48.7 Å². The first-order valence-corrected chi connectivity index (χ1v) is 13.9. The van der Waals surface area contributed by atoms with Gasteiger partial charge in [0.25, 0.3) is 11.6 Å². The number of fused-ring (bicyclic) bond motifs is 1. The Bertz CT molecular complexity index is 1910. The number of nitrogens with one attached hydrogen (secondary N) is 2. The fourth-order valence-electron chi connectivity index (χ4n) is 4.14. The summed E-state index contributed by atoms with van der Waals surface area (Å²) in [5.74, 6) is -1.18. The average Bonchev–Trinajstić information content (AvgIpc) is 3.34. The molecular formula is C29H16BrCl3N4O5. The Hall–Kier alpha value is -4.22. The molecule has 5 rings (SSSR count). The van der Waals surface area contributed by atoms with Crippen molar-refractivity contribution in [2.45, 2.75) is 0 Å². The highest BCUT2D eigenvalue weighted by Gasteiger charge is 2.22. The molecule has 0 bridgehead atoms. The first-order chi connectivity index (χ1) is 20.1. The first-order valence-electron chi connectivity index (χ1n) is 12.0. The molecule has 0 atom stereocenters. The van der Waals surface area contributed by atoms with Crippen molar-refractivity contribution in [3.05, 3.63) is 125 Å². The van der Waals surface area contributed by atoms with Crippen LogP contribution in [0.25, 0.3) is 22.0 Å². The molecule has 2 N–H and O–H groups in total. The van der Waals surface area contributed by atoms with E-state index in [4.69, 9.17) is 39.5 Å². The number of aromatic nitrogens is 1. The van der Waals surface area contributed by atoms with Crippen LogP contribution in [0, 0.1) is 10.1 Å². The van der Waals surface area contributed by atoms with Crippen LogP contribution in [0.3, 0.4) is 0 Å². The Morgan fingerprint density at radius 1 is 0.976 bits per heavy atom. The van der Waals surface area contributed by atoms with Crippen LogP contribution in [0.5, 0.6) is 5.75 Å². The van der Waals surface area contributed by atoms with Gasteiger partial charge in [-0.05, 0) is 48.5 Å². The van der Waals surface area contributed by atoms with Gasteiger partial charge < -0.3 is 9.72 Å². The number of rotatable bonds is 7. The Balaban J connectivity index is 1.43. The fraction of sp³-hybridized carbons (Fsp3) is 0. The zero-order chi connectivity index (χ0) is 30.0. The molecule has 1 amide bonds. The molecule has 5 aromatic rings. The lowest BCUT2D eigenvalue weighted by Gasteiger charge is -2.08. The van der Waals surface area contributed by atoms with E-state index in [0.717, 1.165) is 0 Å². The van der Waals surface area contributed by atoms with Gasteiger partial charge in [0.2, 0.25) is 0 Å². The number of halogens is 4. The minimum absolute atomic E-state index is 0.115. The number of ether oxygens (including phenoxy) is 1. The summed E-state index contributed by atoms with van der Waals surface area (Å²) in [6.45, 7) is 0. The number of hydrogen-bond acceptors (Lipinski definition) is 6. The van der Waals surface area contributed by atoms with Gasteiger partial charge >= 0.3 is 5.97 Å². The van der Waals surface area contributed by atoms with Crippen LogP contribution in [0.2, 0.25) is 15.1 Å². The molecule has 0 aliphatic carbocycles. The monoisotopic (exact) mass is 684 g/mol. The van der Waals surface area contributed by atoms with E-state index < -0.39 is 16.8 Å². The lowest BCUT2D eigenvalue weighted by Crippen LogP contribution is -2.19. The van der Waals surface area contributed by atoms with Crippen molar-refractivity contribution in [2.24, 2.45) is 5.10 Å². The summed E-state index contributed by atoms with van der Waals surface area (Å²) in [6, 6.07) is 20.1. The number of hydrogen-bond donors (Lipinski definition) is 2. The number of nitro groups is 1. The minimum atomic E-state index is -0.732. The number of carbonyl (C=O) groups is 2. The van der Waals surface area contributed by atoms with Gasteiger partial charge in [-0.2, -0.15) is 5.10 Å². The predicted octanol–water partition coefficient (Wildman–Crippen LogP) is 8.45. The van der Waals surface area contributed by atoms with Crippen molar-refractivity contribution in [3.63, 3.8) is 0 Å². The molecule has 210 valence electrons. The van der Waals surface area contributed by atoms with Crippen molar-refractivity contribution < 1.29 is 19.2 Å². The van der Waals surface area contributed by atoms with Gasteiger partial charge in [0.15, 0.2) is 0 Å². The molecule has 0 aliphatic heterocycles. The fourth-order valence-corrected chi connectivity index (χ4v) is 5.29. The molecule has 0 aliphatic rings. The van der Waals surface area contributed by atoms with Gasteiger partial charge in [-0.25, -0.2) is 10.2 Å². The number of nitro benzene ring substituents is 1. The predicted molar refractivity (Wildman–Crippen MR) is 166 cm³/mol. The summed E-state index contributed by atoms with van der Waals surface area (Å²) >= 11 is 22.5. The molecule has 1 heterocycles. The highest BCUT2D eigenvalue weighted by atomic mass is 79.9. The van der Waals surface area contributed by atoms with Crippen LogP contribution in [-0.4, -0.2) is 28.0 Å². The zero-order valence-corrected chi connectivity index (χ0v) is 24.9. The summed E-state index contributed by atoms with van der Waals surface area (Å²) in [7, 11) is 0. The molecule has 13 heteroatoms. The SMILES string of the molecule is O=C(Oc1ccc(Br)cc1C=NNC(=O)c1[nH]c2c(Cl)cc(Cl)cc2c1-c1ccccc1Cl)c1ccc([N+](=O)[O-])cc1. The number of aromatic amines is 1. The minimum Gasteiger partial charge on any atom is -0.422 e. The molecule has 0 spiro atoms. The largest absolute Gasteiger partial charge is 0.422 e. The number of carbonyl (C=O) groups excluding carboxylic acids is 2. The van der Waals surface area contributed by atoms with Gasteiger partial charge in [-0.15, -0.1) is 0 Å². The molecule has 0 fully saturated rings. The smallest absolute Gasteiger partial charge is 0.343 e. The Labute approximate surface area is 261 Å². The molecule has 0 saturated carbocycles. The standard InChI is InChI=1S/C29H16BrCl3N4O5/c30-17-7-10-24(42-29(39)15-5-8-19(9-6-15)37(40)41)16(11-17)14-34-36-28(38)27-25(20-3-1-2-4-22(20)32)21-12-18(31)13-23(33)26(21)35-27/h1-14,35H,(H,36,38). The van der Waals surface area contributed by atoms with Crippen molar-refractivity contribution in [1.29, 1.82) is 0 Å². The maximum Gasteiger partial charge on any atom is 0.343 e. The van der Waals surface area contributed by atoms with E-state index >= 15 is 0 Å². The molecule has 0 saturated heterocycles. The Morgan fingerprint density at radius 2 is 1.71 bits per heavy atom. The van der Waals surface area contributed by atoms with Crippen molar-refractivity contribution in [1.82, 2.24) is 10.4 Å². The Morgan fingerprint density at radius 3 is 2.43 bits per heavy atom. The quantitative estimate of drug-likeness (QED) is 0.0584. The highest BCUT2D eigenvalue weighted by molar-refractivity contribution is 9.10. The normalized spacial score (nSPS) is 11.1. The third-order valence-electron chi connectivity index (χ3n) is 6.05. The molecule has 1 aromatic heterocycles. The third-order valence-corrected chi connectivity index (χ3v) is 7.39. The van der Waals surface area contributed by atoms with Gasteiger partial charge in [-0.3, -0.25) is 14.9 Å². The lowest BCUT2D eigenvalue weighted by atomic mass is 10.0. The van der Waals surface area contributed by atoms with E-state index in [2.05, 4.69) is 31.4 Å².